The van der Waals surface area contributed by atoms with E-state index in [-0.39, 0.29) is 0 Å². The van der Waals surface area contributed by atoms with Crippen LogP contribution in [0, 0.1) is 0 Å². The molecule has 0 amide bonds. The molecular weight excluding hydrogens is 514 g/mol. The monoisotopic (exact) mass is 539 g/mol. The highest BCUT2D eigenvalue weighted by Crippen LogP contribution is 2.44. The minimum atomic E-state index is 0.699. The average molecular weight is 540 g/mol. The molecule has 7 rings (SSSR count). The minimum absolute atomic E-state index is 0.699. The number of nitrogens with one attached hydrogen (secondary N) is 1. The Morgan fingerprint density at radius 1 is 0.600 bits per heavy atom. The van der Waals surface area contributed by atoms with E-state index in [0.717, 1.165) is 65.5 Å². The maximum absolute atomic E-state index is 5.81. The number of methoxy groups -OCH3 is 2. The van der Waals surface area contributed by atoms with Crippen LogP contribution in [0.15, 0.2) is 84.9 Å². The zero-order chi connectivity index (χ0) is 27.1. The SMILES string of the molecule is COc1c(OC)c2cc3ccc([nH]3)c(-c3ccccc3)c3nc(c(-c4ccccc4)c4nc(cc1s2)C=C4)C=C3. The summed E-state index contributed by atoms with van der Waals surface area (Å²) in [6.45, 7) is 0. The Hall–Kier alpha value is -4.94. The molecule has 40 heavy (non-hydrogen) atoms. The summed E-state index contributed by atoms with van der Waals surface area (Å²) in [6, 6.07) is 29.0. The number of nitrogens with zero attached hydrogens (tertiary/aromatic N) is 2. The molecule has 0 aliphatic carbocycles. The van der Waals surface area contributed by atoms with Gasteiger partial charge in [0.05, 0.1) is 46.4 Å². The molecule has 0 fully saturated rings. The van der Waals surface area contributed by atoms with E-state index in [2.05, 4.69) is 77.8 Å². The van der Waals surface area contributed by atoms with E-state index in [4.69, 9.17) is 19.4 Å². The van der Waals surface area contributed by atoms with Crippen molar-refractivity contribution in [2.24, 2.45) is 0 Å². The van der Waals surface area contributed by atoms with E-state index in [1.807, 2.05) is 36.4 Å². The van der Waals surface area contributed by atoms with Gasteiger partial charge in [-0.3, -0.25) is 0 Å². The topological polar surface area (TPSA) is 60.0 Å². The molecule has 194 valence electrons. The van der Waals surface area contributed by atoms with Gasteiger partial charge in [0.15, 0.2) is 11.5 Å². The predicted molar refractivity (Wildman–Crippen MR) is 166 cm³/mol. The lowest BCUT2D eigenvalue weighted by molar-refractivity contribution is 0.363. The van der Waals surface area contributed by atoms with Crippen molar-refractivity contribution in [3.63, 3.8) is 0 Å². The molecule has 2 aliphatic heterocycles. The summed E-state index contributed by atoms with van der Waals surface area (Å²) in [7, 11) is 3.35. The maximum Gasteiger partial charge on any atom is 0.179 e. The predicted octanol–water partition coefficient (Wildman–Crippen LogP) is 8.74. The van der Waals surface area contributed by atoms with Crippen molar-refractivity contribution >= 4 is 56.1 Å². The quantitative estimate of drug-likeness (QED) is 0.243. The van der Waals surface area contributed by atoms with Gasteiger partial charge in [-0.05, 0) is 59.7 Å². The lowest BCUT2D eigenvalue weighted by atomic mass is 10.0. The van der Waals surface area contributed by atoms with Crippen LogP contribution in [0.25, 0.3) is 67.0 Å². The number of aromatic nitrogens is 3. The van der Waals surface area contributed by atoms with Gasteiger partial charge < -0.3 is 14.5 Å². The number of thiophene rings is 1. The molecule has 3 aromatic heterocycles. The summed E-state index contributed by atoms with van der Waals surface area (Å²) in [5.41, 5.74) is 9.60. The second-order valence-corrected chi connectivity index (χ2v) is 10.5. The van der Waals surface area contributed by atoms with E-state index in [0.29, 0.717) is 11.5 Å². The Kier molecular flexibility index (Phi) is 6.02. The van der Waals surface area contributed by atoms with Crippen LogP contribution in [0.2, 0.25) is 0 Å². The molecular formula is C34H25N3O2S. The number of hydrogen-bond acceptors (Lipinski definition) is 5. The molecule has 0 saturated carbocycles. The second-order valence-electron chi connectivity index (χ2n) is 9.47. The Morgan fingerprint density at radius 2 is 1.18 bits per heavy atom. The summed E-state index contributed by atoms with van der Waals surface area (Å²) in [5, 5.41) is 0. The van der Waals surface area contributed by atoms with Crippen LogP contribution in [0.1, 0.15) is 22.8 Å². The van der Waals surface area contributed by atoms with Crippen LogP contribution >= 0.6 is 11.3 Å². The molecule has 2 aliphatic rings. The number of hydrogen-bond donors (Lipinski definition) is 1. The molecule has 0 radical (unpaired) electrons. The summed E-state index contributed by atoms with van der Waals surface area (Å²) in [6.07, 6.45) is 8.28. The van der Waals surface area contributed by atoms with Gasteiger partial charge in [0.1, 0.15) is 0 Å². The third-order valence-corrected chi connectivity index (χ3v) is 8.07. The van der Waals surface area contributed by atoms with E-state index in [1.54, 1.807) is 25.6 Å². The van der Waals surface area contributed by atoms with Crippen LogP contribution in [-0.4, -0.2) is 29.2 Å². The van der Waals surface area contributed by atoms with Crippen molar-refractivity contribution < 1.29 is 9.47 Å². The van der Waals surface area contributed by atoms with Gasteiger partial charge in [0, 0.05) is 22.2 Å². The van der Waals surface area contributed by atoms with Crippen molar-refractivity contribution in [2.75, 3.05) is 14.2 Å². The van der Waals surface area contributed by atoms with Gasteiger partial charge in [-0.25, -0.2) is 9.97 Å². The number of rotatable bonds is 4. The van der Waals surface area contributed by atoms with E-state index >= 15 is 0 Å². The molecule has 5 heterocycles. The largest absolute Gasteiger partial charge is 0.491 e. The lowest BCUT2D eigenvalue weighted by Crippen LogP contribution is -1.89. The number of benzene rings is 2. The Balaban J connectivity index is 1.66. The fourth-order valence-electron chi connectivity index (χ4n) is 5.25. The number of ether oxygens (including phenoxy) is 2. The molecule has 5 nitrogen and oxygen atoms in total. The van der Waals surface area contributed by atoms with Crippen molar-refractivity contribution in [1.29, 1.82) is 0 Å². The van der Waals surface area contributed by atoms with Crippen molar-refractivity contribution in [3.8, 4) is 33.8 Å². The van der Waals surface area contributed by atoms with Gasteiger partial charge in [-0.1, -0.05) is 60.7 Å². The molecule has 0 saturated heterocycles. The van der Waals surface area contributed by atoms with Crippen LogP contribution < -0.4 is 9.47 Å². The number of fused-ring (bicyclic) bond motifs is 8. The van der Waals surface area contributed by atoms with Gasteiger partial charge >= 0.3 is 0 Å². The van der Waals surface area contributed by atoms with Crippen molar-refractivity contribution in [3.05, 3.63) is 108 Å². The highest BCUT2D eigenvalue weighted by Gasteiger charge is 2.18. The van der Waals surface area contributed by atoms with Gasteiger partial charge in [0.25, 0.3) is 0 Å². The first-order chi connectivity index (χ1) is 19.7. The molecule has 0 atom stereocenters. The standard InChI is InChI=1S/C34H25N3O2S/c1-38-33-29-19-23-13-15-25(35-23)31(21-9-5-3-6-10-21)27-17-18-28(37-27)32(22-11-7-4-8-12-22)26-16-14-24(36-26)20-30(40-29)34(33)39-2/h3-20,35H,1-2H3. The second kappa shape index (κ2) is 9.98. The van der Waals surface area contributed by atoms with Gasteiger partial charge in [-0.2, -0.15) is 0 Å². The number of H-pyrrole nitrogens is 1. The molecule has 8 bridgehead atoms. The Morgan fingerprint density at radius 3 is 1.85 bits per heavy atom. The summed E-state index contributed by atoms with van der Waals surface area (Å²) >= 11 is 1.61. The van der Waals surface area contributed by atoms with Crippen LogP contribution in [0.4, 0.5) is 0 Å². The first-order valence-corrected chi connectivity index (χ1v) is 13.8. The van der Waals surface area contributed by atoms with Crippen molar-refractivity contribution in [2.45, 2.75) is 0 Å². The molecule has 6 heteroatoms. The van der Waals surface area contributed by atoms with Crippen molar-refractivity contribution in [1.82, 2.24) is 15.0 Å². The Labute approximate surface area is 235 Å². The average Bonchev–Trinajstić information content (AvgIpc) is 3.79. The lowest BCUT2D eigenvalue weighted by Gasteiger charge is -2.05. The van der Waals surface area contributed by atoms with Gasteiger partial charge in [0.2, 0.25) is 0 Å². The zero-order valence-corrected chi connectivity index (χ0v) is 22.8. The van der Waals surface area contributed by atoms with Crippen LogP contribution in [-0.2, 0) is 0 Å². The third-order valence-electron chi connectivity index (χ3n) is 7.02. The summed E-state index contributed by atoms with van der Waals surface area (Å²) in [5.74, 6) is 1.40. The van der Waals surface area contributed by atoms with Crippen LogP contribution in [0.5, 0.6) is 11.5 Å². The molecule has 5 aromatic rings. The molecule has 2 aromatic carbocycles. The third kappa shape index (κ3) is 4.19. The maximum atomic E-state index is 5.81. The normalized spacial score (nSPS) is 12.1. The summed E-state index contributed by atoms with van der Waals surface area (Å²) < 4.78 is 13.5. The highest BCUT2D eigenvalue weighted by atomic mass is 32.1. The van der Waals surface area contributed by atoms with Gasteiger partial charge in [-0.15, -0.1) is 11.3 Å². The highest BCUT2D eigenvalue weighted by molar-refractivity contribution is 7.24. The molecule has 0 unspecified atom stereocenters. The molecule has 0 spiro atoms. The minimum Gasteiger partial charge on any atom is -0.491 e. The smallest absolute Gasteiger partial charge is 0.179 e. The fraction of sp³-hybridized carbons (Fsp3) is 0.0588. The Bertz CT molecular complexity index is 1970. The van der Waals surface area contributed by atoms with Crippen LogP contribution in [0.3, 0.4) is 0 Å². The van der Waals surface area contributed by atoms with E-state index in [9.17, 15) is 0 Å². The first kappa shape index (κ1) is 24.1. The molecule has 1 N–H and O–H groups in total. The van der Waals surface area contributed by atoms with E-state index < -0.39 is 0 Å². The number of aromatic amines is 1. The first-order valence-electron chi connectivity index (χ1n) is 13.0. The zero-order valence-electron chi connectivity index (χ0n) is 22.0. The van der Waals surface area contributed by atoms with E-state index in [1.165, 1.54) is 0 Å². The summed E-state index contributed by atoms with van der Waals surface area (Å²) in [4.78, 5) is 13.9. The fourth-order valence-corrected chi connectivity index (χ4v) is 6.39.